The van der Waals surface area contributed by atoms with Crippen molar-refractivity contribution in [2.75, 3.05) is 6.61 Å². The van der Waals surface area contributed by atoms with Crippen LogP contribution in [0.3, 0.4) is 0 Å². The molecule has 118 valence electrons. The Balaban J connectivity index is 1.73. The smallest absolute Gasteiger partial charge is 0.168 e. The quantitative estimate of drug-likeness (QED) is 0.637. The number of unbranched alkanes of at least 4 members (excludes halogenated alkanes) is 3. The van der Waals surface area contributed by atoms with Crippen LogP contribution in [0.1, 0.15) is 85.5 Å². The second-order valence-corrected chi connectivity index (χ2v) is 7.95. The van der Waals surface area contributed by atoms with Crippen LogP contribution in [0.5, 0.6) is 0 Å². The van der Waals surface area contributed by atoms with Crippen LogP contribution in [0.4, 0.5) is 0 Å². The van der Waals surface area contributed by atoms with Crippen molar-refractivity contribution in [3.8, 4) is 0 Å². The minimum absolute atomic E-state index is 0.211. The Labute approximate surface area is 125 Å². The number of ether oxygens (including phenoxy) is 2. The summed E-state index contributed by atoms with van der Waals surface area (Å²) >= 11 is 0. The van der Waals surface area contributed by atoms with Gasteiger partial charge in [-0.2, -0.15) is 0 Å². The highest BCUT2D eigenvalue weighted by molar-refractivity contribution is 4.88. The van der Waals surface area contributed by atoms with Gasteiger partial charge in [0, 0.05) is 12.8 Å². The van der Waals surface area contributed by atoms with Gasteiger partial charge in [-0.1, -0.05) is 53.4 Å². The lowest BCUT2D eigenvalue weighted by Crippen LogP contribution is -2.38. The molecule has 1 saturated heterocycles. The maximum atomic E-state index is 6.31. The van der Waals surface area contributed by atoms with Crippen molar-refractivity contribution in [1.29, 1.82) is 0 Å². The highest BCUT2D eigenvalue weighted by atomic mass is 16.7. The van der Waals surface area contributed by atoms with Gasteiger partial charge in [-0.15, -0.1) is 0 Å². The van der Waals surface area contributed by atoms with Crippen LogP contribution < -0.4 is 0 Å². The molecule has 0 aromatic rings. The van der Waals surface area contributed by atoms with E-state index in [1.807, 2.05) is 0 Å². The van der Waals surface area contributed by atoms with Gasteiger partial charge in [0.25, 0.3) is 0 Å². The first kappa shape index (κ1) is 16.3. The zero-order valence-electron chi connectivity index (χ0n) is 14.0. The Morgan fingerprint density at radius 1 is 1.05 bits per heavy atom. The molecule has 20 heavy (non-hydrogen) atoms. The molecule has 1 spiro atoms. The van der Waals surface area contributed by atoms with Crippen LogP contribution in [-0.4, -0.2) is 18.5 Å². The first-order valence-electron chi connectivity index (χ1n) is 8.77. The summed E-state index contributed by atoms with van der Waals surface area (Å²) in [6, 6.07) is 0. The van der Waals surface area contributed by atoms with E-state index in [9.17, 15) is 0 Å². The molecule has 0 aromatic heterocycles. The molecule has 1 heterocycles. The predicted molar refractivity (Wildman–Crippen MR) is 83.7 cm³/mol. The summed E-state index contributed by atoms with van der Waals surface area (Å²) in [6.45, 7) is 10.2. The van der Waals surface area contributed by atoms with Crippen LogP contribution >= 0.6 is 0 Å². The van der Waals surface area contributed by atoms with E-state index in [1.54, 1.807) is 0 Å². The van der Waals surface area contributed by atoms with E-state index in [-0.39, 0.29) is 5.79 Å². The average molecular weight is 282 g/mol. The molecule has 0 aromatic carbocycles. The summed E-state index contributed by atoms with van der Waals surface area (Å²) in [5, 5.41) is 0. The third kappa shape index (κ3) is 4.21. The maximum absolute atomic E-state index is 6.31. The molecule has 2 heteroatoms. The Morgan fingerprint density at radius 3 is 2.35 bits per heavy atom. The lowest BCUT2D eigenvalue weighted by molar-refractivity contribution is -0.197. The fourth-order valence-electron chi connectivity index (χ4n) is 3.74. The molecule has 1 aliphatic heterocycles. The van der Waals surface area contributed by atoms with E-state index < -0.39 is 0 Å². The van der Waals surface area contributed by atoms with Crippen molar-refractivity contribution in [2.24, 2.45) is 11.3 Å². The van der Waals surface area contributed by atoms with Crippen molar-refractivity contribution in [2.45, 2.75) is 97.4 Å². The molecule has 0 radical (unpaired) electrons. The fourth-order valence-corrected chi connectivity index (χ4v) is 3.74. The van der Waals surface area contributed by atoms with Gasteiger partial charge < -0.3 is 9.47 Å². The molecule has 0 bridgehead atoms. The minimum Gasteiger partial charge on any atom is -0.347 e. The second-order valence-electron chi connectivity index (χ2n) is 7.95. The van der Waals surface area contributed by atoms with E-state index in [0.29, 0.717) is 11.5 Å². The molecule has 1 unspecified atom stereocenters. The van der Waals surface area contributed by atoms with Crippen LogP contribution in [0, 0.1) is 11.3 Å². The van der Waals surface area contributed by atoms with Gasteiger partial charge in [0.05, 0.1) is 12.7 Å². The van der Waals surface area contributed by atoms with Crippen LogP contribution in [-0.2, 0) is 9.47 Å². The normalized spacial score (nSPS) is 34.8. The van der Waals surface area contributed by atoms with E-state index in [4.69, 9.17) is 9.47 Å². The molecule has 0 N–H and O–H groups in total. The van der Waals surface area contributed by atoms with Crippen molar-refractivity contribution in [3.63, 3.8) is 0 Å². The molecule has 0 amide bonds. The summed E-state index contributed by atoms with van der Waals surface area (Å²) in [5.74, 6) is 0.612. The molecule has 2 rings (SSSR count). The lowest BCUT2D eigenvalue weighted by Gasteiger charge is -2.41. The van der Waals surface area contributed by atoms with Gasteiger partial charge in [0.15, 0.2) is 5.79 Å². The van der Waals surface area contributed by atoms with Gasteiger partial charge in [0.1, 0.15) is 0 Å². The monoisotopic (exact) mass is 282 g/mol. The third-order valence-corrected chi connectivity index (χ3v) is 5.27. The Morgan fingerprint density at radius 2 is 1.75 bits per heavy atom. The van der Waals surface area contributed by atoms with Gasteiger partial charge in [0.2, 0.25) is 0 Å². The van der Waals surface area contributed by atoms with Gasteiger partial charge in [-0.3, -0.25) is 0 Å². The number of rotatable bonds is 5. The topological polar surface area (TPSA) is 18.5 Å². The van der Waals surface area contributed by atoms with E-state index in [2.05, 4.69) is 27.7 Å². The van der Waals surface area contributed by atoms with Crippen molar-refractivity contribution >= 4 is 0 Å². The molecule has 2 fully saturated rings. The summed E-state index contributed by atoms with van der Waals surface area (Å²) in [4.78, 5) is 0. The van der Waals surface area contributed by atoms with Crippen molar-refractivity contribution < 1.29 is 9.47 Å². The zero-order valence-corrected chi connectivity index (χ0v) is 14.0. The first-order valence-corrected chi connectivity index (χ1v) is 8.77. The minimum atomic E-state index is -0.211. The Kier molecular flexibility index (Phi) is 5.53. The fraction of sp³-hybridized carbons (Fsp3) is 1.00. The maximum Gasteiger partial charge on any atom is 0.168 e. The molecule has 1 atom stereocenters. The standard InChI is InChI=1S/C18H34O2/c1-5-6-7-8-9-16-14-19-18(20-16)12-10-15(11-13-18)17(2,3)4/h15-16H,5-14H2,1-4H3. The molecule has 1 aliphatic carbocycles. The highest BCUT2D eigenvalue weighted by Gasteiger charge is 2.45. The summed E-state index contributed by atoms with van der Waals surface area (Å²) in [6.07, 6.45) is 11.5. The van der Waals surface area contributed by atoms with Crippen LogP contribution in [0.25, 0.3) is 0 Å². The van der Waals surface area contributed by atoms with E-state index in [0.717, 1.165) is 25.4 Å². The lowest BCUT2D eigenvalue weighted by atomic mass is 9.71. The number of hydrogen-bond acceptors (Lipinski definition) is 2. The Bertz CT molecular complexity index is 284. The largest absolute Gasteiger partial charge is 0.347 e. The summed E-state index contributed by atoms with van der Waals surface area (Å²) < 4.78 is 12.4. The van der Waals surface area contributed by atoms with E-state index in [1.165, 1.54) is 44.9 Å². The zero-order chi connectivity index (χ0) is 14.6. The molecule has 1 saturated carbocycles. The summed E-state index contributed by atoms with van der Waals surface area (Å²) in [5.41, 5.74) is 0.430. The van der Waals surface area contributed by atoms with Crippen molar-refractivity contribution in [1.82, 2.24) is 0 Å². The molecule has 2 aliphatic rings. The van der Waals surface area contributed by atoms with Crippen LogP contribution in [0.2, 0.25) is 0 Å². The van der Waals surface area contributed by atoms with Crippen molar-refractivity contribution in [3.05, 3.63) is 0 Å². The molecule has 2 nitrogen and oxygen atoms in total. The first-order chi connectivity index (χ1) is 9.45. The predicted octanol–water partition coefficient (Wildman–Crippen LogP) is 5.30. The summed E-state index contributed by atoms with van der Waals surface area (Å²) in [7, 11) is 0. The Hall–Kier alpha value is -0.0800. The highest BCUT2D eigenvalue weighted by Crippen LogP contribution is 2.45. The molecular formula is C18H34O2. The van der Waals surface area contributed by atoms with Crippen LogP contribution in [0.15, 0.2) is 0 Å². The van der Waals surface area contributed by atoms with E-state index >= 15 is 0 Å². The average Bonchev–Trinajstić information content (AvgIpc) is 2.77. The van der Waals surface area contributed by atoms with Gasteiger partial charge in [-0.05, 0) is 30.6 Å². The second kappa shape index (κ2) is 6.79. The van der Waals surface area contributed by atoms with Gasteiger partial charge in [-0.25, -0.2) is 0 Å². The number of hydrogen-bond donors (Lipinski definition) is 0. The molecular weight excluding hydrogens is 248 g/mol. The third-order valence-electron chi connectivity index (χ3n) is 5.27. The van der Waals surface area contributed by atoms with Gasteiger partial charge >= 0.3 is 0 Å². The SMILES string of the molecule is CCCCCCC1COC2(CCC(C(C)(C)C)CC2)O1.